The molecule has 4 rings (SSSR count). The van der Waals surface area contributed by atoms with Crippen molar-refractivity contribution in [3.63, 3.8) is 0 Å². The molecule has 8 heteroatoms. The number of aromatic nitrogens is 3. The molecule has 2 N–H and O–H groups in total. The highest BCUT2D eigenvalue weighted by molar-refractivity contribution is 7.16. The Morgan fingerprint density at radius 2 is 1.90 bits per heavy atom. The van der Waals surface area contributed by atoms with Gasteiger partial charge in [-0.3, -0.25) is 14.2 Å². The Bertz CT molecular complexity index is 1230. The highest BCUT2D eigenvalue weighted by atomic mass is 32.1. The molecule has 2 aromatic heterocycles. The zero-order valence-electron chi connectivity index (χ0n) is 17.2. The Hall–Kier alpha value is -3.23. The fourth-order valence-corrected chi connectivity index (χ4v) is 4.59. The largest absolute Gasteiger partial charge is 0.372 e. The minimum atomic E-state index is -0.574. The summed E-state index contributed by atoms with van der Waals surface area (Å²) in [4.78, 5) is 28.2. The summed E-state index contributed by atoms with van der Waals surface area (Å²) in [6, 6.07) is 17.6. The molecular weight excluding hydrogens is 412 g/mol. The maximum Gasteiger partial charge on any atom is 0.308 e. The van der Waals surface area contributed by atoms with Crippen LogP contribution in [0.25, 0.3) is 10.2 Å². The smallest absolute Gasteiger partial charge is 0.308 e. The van der Waals surface area contributed by atoms with Gasteiger partial charge in [-0.15, -0.1) is 0 Å². The maximum absolute atomic E-state index is 12.5. The van der Waals surface area contributed by atoms with Crippen molar-refractivity contribution in [3.05, 3.63) is 88.0 Å². The molecule has 0 fully saturated rings. The molecule has 160 valence electrons. The molecule has 0 aliphatic carbocycles. The molecule has 0 saturated heterocycles. The van der Waals surface area contributed by atoms with Crippen LogP contribution in [0.2, 0.25) is 0 Å². The van der Waals surface area contributed by atoms with Gasteiger partial charge in [0.1, 0.15) is 5.69 Å². The Kier molecular flexibility index (Phi) is 6.29. The van der Waals surface area contributed by atoms with Crippen LogP contribution in [0.15, 0.2) is 71.9 Å². The summed E-state index contributed by atoms with van der Waals surface area (Å²) in [6.45, 7) is 2.99. The van der Waals surface area contributed by atoms with Gasteiger partial charge in [-0.05, 0) is 31.0 Å². The summed E-state index contributed by atoms with van der Waals surface area (Å²) < 4.78 is 10.8. The number of hydrogen-bond acceptors (Lipinski definition) is 5. The second-order valence-electron chi connectivity index (χ2n) is 7.42. The van der Waals surface area contributed by atoms with Crippen molar-refractivity contribution in [1.82, 2.24) is 14.1 Å². The summed E-state index contributed by atoms with van der Waals surface area (Å²) in [5.74, 6) is -0.574. The molecular formula is C23H24N4O3S. The van der Waals surface area contributed by atoms with E-state index in [1.807, 2.05) is 66.1 Å². The number of thiazole rings is 1. The Morgan fingerprint density at radius 3 is 2.65 bits per heavy atom. The summed E-state index contributed by atoms with van der Waals surface area (Å²) in [7, 11) is 0. The third-order valence-corrected chi connectivity index (χ3v) is 6.32. The van der Waals surface area contributed by atoms with Gasteiger partial charge in [-0.1, -0.05) is 53.8 Å². The number of amides is 1. The fraction of sp³-hybridized carbons (Fsp3) is 0.261. The number of carbonyl (C=O) groups is 1. The number of benzene rings is 2. The zero-order chi connectivity index (χ0) is 21.8. The molecule has 0 spiro atoms. The lowest BCUT2D eigenvalue weighted by Gasteiger charge is -2.26. The van der Waals surface area contributed by atoms with E-state index in [1.165, 1.54) is 11.3 Å². The number of ether oxygens (including phenoxy) is 1. The van der Waals surface area contributed by atoms with E-state index in [-0.39, 0.29) is 22.7 Å². The number of para-hydroxylation sites is 1. The van der Waals surface area contributed by atoms with Crippen molar-refractivity contribution >= 4 is 27.5 Å². The summed E-state index contributed by atoms with van der Waals surface area (Å²) in [5.41, 5.74) is 7.60. The SMILES string of the molecule is C[C@H](OCc1ccccc1)[C@@H](CCn1c(=O)sc2ccccc21)n1cnc(C(N)=O)c1. The van der Waals surface area contributed by atoms with Gasteiger partial charge in [0.05, 0.1) is 35.3 Å². The number of carbonyl (C=O) groups excluding carboxylic acids is 1. The standard InChI is InChI=1S/C23H24N4O3S/c1-16(30-14-17-7-3-2-4-8-17)19(26-13-18(22(24)28)25-15-26)11-12-27-20-9-5-6-10-21(20)31-23(27)29/h2-10,13,15-16,19H,11-12,14H2,1H3,(H2,24,28)/t16-,19+/m0/s1. The highest BCUT2D eigenvalue weighted by Gasteiger charge is 2.22. The van der Waals surface area contributed by atoms with Gasteiger partial charge in [0, 0.05) is 12.7 Å². The fourth-order valence-electron chi connectivity index (χ4n) is 3.67. The molecule has 0 bridgehead atoms. The van der Waals surface area contributed by atoms with E-state index in [4.69, 9.17) is 10.5 Å². The van der Waals surface area contributed by atoms with Crippen molar-refractivity contribution in [3.8, 4) is 0 Å². The number of imidazole rings is 1. The predicted octanol–water partition coefficient (Wildman–Crippen LogP) is 3.60. The van der Waals surface area contributed by atoms with Gasteiger partial charge in [0.15, 0.2) is 0 Å². The van der Waals surface area contributed by atoms with Crippen LogP contribution in [0.4, 0.5) is 0 Å². The molecule has 4 aromatic rings. The number of hydrogen-bond donors (Lipinski definition) is 1. The summed E-state index contributed by atoms with van der Waals surface area (Å²) in [6.07, 6.45) is 3.69. The first-order valence-electron chi connectivity index (χ1n) is 10.1. The molecule has 7 nitrogen and oxygen atoms in total. The van der Waals surface area contributed by atoms with E-state index in [0.717, 1.165) is 15.8 Å². The molecule has 2 heterocycles. The van der Waals surface area contributed by atoms with Gasteiger partial charge in [-0.25, -0.2) is 4.98 Å². The van der Waals surface area contributed by atoms with Crippen LogP contribution in [-0.4, -0.2) is 26.1 Å². The number of fused-ring (bicyclic) bond motifs is 1. The Balaban J connectivity index is 1.56. The quantitative estimate of drug-likeness (QED) is 0.434. The predicted molar refractivity (Wildman–Crippen MR) is 121 cm³/mol. The van der Waals surface area contributed by atoms with Crippen LogP contribution in [0, 0.1) is 0 Å². The van der Waals surface area contributed by atoms with Crippen LogP contribution < -0.4 is 10.6 Å². The number of rotatable bonds is 9. The van der Waals surface area contributed by atoms with E-state index in [2.05, 4.69) is 4.98 Å². The highest BCUT2D eigenvalue weighted by Crippen LogP contribution is 2.24. The molecule has 0 radical (unpaired) electrons. The average molecular weight is 437 g/mol. The van der Waals surface area contributed by atoms with E-state index >= 15 is 0 Å². The molecule has 0 aliphatic rings. The van der Waals surface area contributed by atoms with Crippen LogP contribution in [0.3, 0.4) is 0 Å². The third kappa shape index (κ3) is 4.76. The Morgan fingerprint density at radius 1 is 1.16 bits per heavy atom. The van der Waals surface area contributed by atoms with Crippen molar-refractivity contribution < 1.29 is 9.53 Å². The normalized spacial score (nSPS) is 13.3. The van der Waals surface area contributed by atoms with Crippen molar-refractivity contribution in [2.24, 2.45) is 5.73 Å². The maximum atomic E-state index is 12.5. The molecule has 2 aromatic carbocycles. The number of aryl methyl sites for hydroxylation is 1. The average Bonchev–Trinajstić information content (AvgIpc) is 3.38. The molecule has 2 atom stereocenters. The van der Waals surface area contributed by atoms with E-state index in [0.29, 0.717) is 19.6 Å². The van der Waals surface area contributed by atoms with E-state index in [1.54, 1.807) is 17.1 Å². The van der Waals surface area contributed by atoms with Gasteiger partial charge in [-0.2, -0.15) is 0 Å². The van der Waals surface area contributed by atoms with Crippen molar-refractivity contribution in [1.29, 1.82) is 0 Å². The minimum absolute atomic E-state index is 0.0151. The number of primary amides is 1. The van der Waals surface area contributed by atoms with E-state index in [9.17, 15) is 9.59 Å². The van der Waals surface area contributed by atoms with Crippen molar-refractivity contribution in [2.75, 3.05) is 0 Å². The van der Waals surface area contributed by atoms with Gasteiger partial charge in [0.25, 0.3) is 5.91 Å². The number of nitrogens with zero attached hydrogens (tertiary/aromatic N) is 3. The lowest BCUT2D eigenvalue weighted by Crippen LogP contribution is -2.26. The second-order valence-corrected chi connectivity index (χ2v) is 8.41. The third-order valence-electron chi connectivity index (χ3n) is 5.36. The van der Waals surface area contributed by atoms with Crippen LogP contribution in [0.5, 0.6) is 0 Å². The Labute approximate surface area is 183 Å². The molecule has 1 amide bonds. The molecule has 31 heavy (non-hydrogen) atoms. The van der Waals surface area contributed by atoms with Crippen molar-refractivity contribution in [2.45, 2.75) is 38.6 Å². The lowest BCUT2D eigenvalue weighted by atomic mass is 10.1. The van der Waals surface area contributed by atoms with Crippen LogP contribution in [0.1, 0.15) is 35.4 Å². The zero-order valence-corrected chi connectivity index (χ0v) is 18.0. The summed E-state index contributed by atoms with van der Waals surface area (Å²) in [5, 5.41) is 0. The second kappa shape index (κ2) is 9.28. The minimum Gasteiger partial charge on any atom is -0.372 e. The van der Waals surface area contributed by atoms with Gasteiger partial charge in [0.2, 0.25) is 0 Å². The van der Waals surface area contributed by atoms with E-state index < -0.39 is 5.91 Å². The topological polar surface area (TPSA) is 92.1 Å². The van der Waals surface area contributed by atoms with Crippen LogP contribution >= 0.6 is 11.3 Å². The number of nitrogens with two attached hydrogens (primary N) is 1. The molecule has 0 saturated carbocycles. The molecule has 0 aliphatic heterocycles. The monoisotopic (exact) mass is 436 g/mol. The first kappa shape index (κ1) is 21.0. The first-order chi connectivity index (χ1) is 15.0. The summed E-state index contributed by atoms with van der Waals surface area (Å²) >= 11 is 1.25. The van der Waals surface area contributed by atoms with Gasteiger partial charge < -0.3 is 15.0 Å². The molecule has 0 unspecified atom stereocenters. The lowest BCUT2D eigenvalue weighted by molar-refractivity contribution is 0.0136. The van der Waals surface area contributed by atoms with Gasteiger partial charge >= 0.3 is 4.87 Å². The first-order valence-corrected chi connectivity index (χ1v) is 10.9. The van der Waals surface area contributed by atoms with Crippen LogP contribution in [-0.2, 0) is 17.9 Å².